The van der Waals surface area contributed by atoms with Gasteiger partial charge in [0, 0.05) is 25.9 Å². The molecule has 286 valence electrons. The fourth-order valence-electron chi connectivity index (χ4n) is 4.81. The fraction of sp³-hybridized carbons (Fsp3) is 0.733. The lowest BCUT2D eigenvalue weighted by molar-refractivity contribution is -0.173. The zero-order chi connectivity index (χ0) is 38.6. The molecule has 2 amide bonds. The van der Waals surface area contributed by atoms with Crippen LogP contribution < -0.4 is 16.2 Å². The predicted octanol–water partition coefficient (Wildman–Crippen LogP) is 3.35. The molecule has 0 radical (unpaired) electrons. The van der Waals surface area contributed by atoms with E-state index in [1.54, 1.807) is 19.2 Å². The van der Waals surface area contributed by atoms with E-state index >= 15 is 0 Å². The maximum absolute atomic E-state index is 12.9. The zero-order valence-electron chi connectivity index (χ0n) is 30.3. The van der Waals surface area contributed by atoms with E-state index in [9.17, 15) is 27.6 Å². The van der Waals surface area contributed by atoms with Crippen LogP contribution in [0.15, 0.2) is 11.1 Å². The number of imidazole rings is 1. The highest BCUT2D eigenvalue weighted by atomic mass is 31.2. The van der Waals surface area contributed by atoms with Crippen molar-refractivity contribution in [2.75, 3.05) is 51.6 Å². The Bertz CT molecular complexity index is 1550. The van der Waals surface area contributed by atoms with Crippen molar-refractivity contribution >= 4 is 37.5 Å². The lowest BCUT2D eigenvalue weighted by atomic mass is 10.1. The Morgan fingerprint density at radius 3 is 2.49 bits per heavy atom. The summed E-state index contributed by atoms with van der Waals surface area (Å²) in [6, 6.07) is -0.0758. The van der Waals surface area contributed by atoms with Gasteiger partial charge in [0.1, 0.15) is 25.6 Å². The molecule has 1 saturated heterocycles. The highest BCUT2D eigenvalue weighted by Gasteiger charge is 2.48. The molecule has 3 heterocycles. The van der Waals surface area contributed by atoms with Crippen molar-refractivity contribution in [2.24, 2.45) is 5.92 Å². The summed E-state index contributed by atoms with van der Waals surface area (Å²) in [6.45, 7) is 17.4. The Labute approximate surface area is 296 Å². The van der Waals surface area contributed by atoms with E-state index in [0.717, 1.165) is 0 Å². The Morgan fingerprint density at radius 2 is 1.86 bits per heavy atom. The summed E-state index contributed by atoms with van der Waals surface area (Å²) in [5.74, 6) is -2.96. The fourth-order valence-corrected chi connectivity index (χ4v) is 6.56. The Hall–Kier alpha value is -3.28. The van der Waals surface area contributed by atoms with Gasteiger partial charge in [0.05, 0.1) is 32.3 Å². The van der Waals surface area contributed by atoms with Crippen LogP contribution >= 0.6 is 8.53 Å². The molecule has 3 rings (SSSR count). The average Bonchev–Trinajstić information content (AvgIpc) is 3.64. The highest BCUT2D eigenvalue weighted by molar-refractivity contribution is 7.44. The number of alkyl halides is 3. The molecular formula is C30H46F3N8O9P. The molecule has 2 aromatic rings. The largest absolute Gasteiger partial charge is 0.471 e. The second-order valence-corrected chi connectivity index (χ2v) is 13.5. The molecular weight excluding hydrogens is 704 g/mol. The van der Waals surface area contributed by atoms with Gasteiger partial charge in [0.25, 0.3) is 14.1 Å². The van der Waals surface area contributed by atoms with E-state index in [4.69, 9.17) is 35.9 Å². The number of ether oxygens (including phenoxy) is 4. The number of anilines is 1. The number of nitrogens with zero attached hydrogens (tertiary/aromatic N) is 5. The van der Waals surface area contributed by atoms with Crippen LogP contribution in [0.1, 0.15) is 56.0 Å². The van der Waals surface area contributed by atoms with E-state index in [1.165, 1.54) is 10.9 Å². The number of H-pyrrole nitrogens is 1. The quantitative estimate of drug-likeness (QED) is 0.0778. The minimum atomic E-state index is -4.99. The number of carbonyl (C=O) groups is 2. The topological polar surface area (TPSA) is 185 Å². The second kappa shape index (κ2) is 19.5. The number of nitrogens with one attached hydrogen (secondary N) is 3. The maximum atomic E-state index is 12.9. The van der Waals surface area contributed by atoms with E-state index in [0.29, 0.717) is 0 Å². The summed E-state index contributed by atoms with van der Waals surface area (Å²) < 4.78 is 84.8. The summed E-state index contributed by atoms with van der Waals surface area (Å²) in [5.41, 5.74) is -0.614. The first kappa shape index (κ1) is 40.5. The third kappa shape index (κ3) is 11.9. The number of aromatic nitrogens is 4. The lowest BCUT2D eigenvalue weighted by Gasteiger charge is -2.37. The first-order valence-electron chi connectivity index (χ1n) is 16.9. The molecule has 0 spiro atoms. The molecule has 1 aliphatic rings. The number of hydrogen-bond acceptors (Lipinski definition) is 12. The maximum Gasteiger partial charge on any atom is 0.471 e. The van der Waals surface area contributed by atoms with E-state index in [1.807, 2.05) is 32.4 Å². The van der Waals surface area contributed by atoms with Gasteiger partial charge in [0.2, 0.25) is 18.4 Å². The summed E-state index contributed by atoms with van der Waals surface area (Å²) in [5, 5.41) is 4.27. The molecule has 3 N–H and O–H groups in total. The van der Waals surface area contributed by atoms with Crippen LogP contribution in [0.3, 0.4) is 0 Å². The third-order valence-electron chi connectivity index (χ3n) is 7.13. The van der Waals surface area contributed by atoms with Gasteiger partial charge in [-0.2, -0.15) is 18.2 Å². The van der Waals surface area contributed by atoms with Crippen molar-refractivity contribution in [1.82, 2.24) is 29.5 Å². The van der Waals surface area contributed by atoms with Crippen LogP contribution in [-0.4, -0.2) is 119 Å². The third-order valence-corrected chi connectivity index (χ3v) is 9.25. The smallest absolute Gasteiger partial charge is 0.377 e. The predicted molar refractivity (Wildman–Crippen MR) is 178 cm³/mol. The highest BCUT2D eigenvalue weighted by Crippen LogP contribution is 2.50. The number of amides is 2. The molecule has 1 unspecified atom stereocenters. The van der Waals surface area contributed by atoms with Crippen LogP contribution in [0.25, 0.3) is 16.0 Å². The Kier molecular flexibility index (Phi) is 15.5. The van der Waals surface area contributed by atoms with Crippen molar-refractivity contribution < 1.29 is 52.1 Å². The number of fused-ring (bicyclic) bond motifs is 1. The molecule has 17 nitrogen and oxygen atoms in total. The summed E-state index contributed by atoms with van der Waals surface area (Å²) in [7, 11) is -1.82. The van der Waals surface area contributed by atoms with Crippen molar-refractivity contribution in [1.29, 1.82) is 0 Å². The van der Waals surface area contributed by atoms with Gasteiger partial charge >= 0.3 is 12.1 Å². The van der Waals surface area contributed by atoms with Gasteiger partial charge in [-0.15, -0.1) is 0 Å². The van der Waals surface area contributed by atoms with Crippen molar-refractivity contribution in [3.63, 3.8) is 0 Å². The number of rotatable bonds is 20. The molecule has 21 heteroatoms. The van der Waals surface area contributed by atoms with Gasteiger partial charge in [-0.25, -0.2) is 16.2 Å². The summed E-state index contributed by atoms with van der Waals surface area (Å²) in [4.78, 5) is 50.8. The van der Waals surface area contributed by atoms with Gasteiger partial charge in [-0.1, -0.05) is 13.8 Å². The molecule has 5 atom stereocenters. The Morgan fingerprint density at radius 1 is 1.16 bits per heavy atom. The average molecular weight is 752 g/mol. The molecule has 1 aliphatic heterocycles. The van der Waals surface area contributed by atoms with Gasteiger partial charge in [-0.05, 0) is 34.6 Å². The van der Waals surface area contributed by atoms with E-state index < -0.39 is 56.6 Å². The van der Waals surface area contributed by atoms with Crippen molar-refractivity contribution in [2.45, 2.75) is 91.2 Å². The standard InChI is InChI=1S/C30H46F3N8O9P/c1-17(2)25(42)38-29-37-24-21(26(43)39-29)36-15-40(24)27-23(47-16-46-14-13-45-11-10-35-28(44)30(31,32)33)22(20(7)49-27)50-51(48-12-9-34-8)41(18(3)4)19(5)6/h15,17-20,22-23,27H,9-14,16H2,1-7H3,(H,35,44)(H2,37,38,39,42,43)/t20-,22-,23-,27-,51?/m1/s1/i7D. The second-order valence-electron chi connectivity index (χ2n) is 12.1. The SMILES string of the molecule is [2H]C[C@H]1O[C@@H](n2cnc3c(=O)[nH]c(NC(=O)C(C)C)nc32)[C@H](OCOCCOCCNC(=O)C(F)(F)F)[C@@H]1OP(OCC[N+]#[C-])N(C(C)C)C(C)C. The van der Waals surface area contributed by atoms with E-state index in [2.05, 4.69) is 25.1 Å². The monoisotopic (exact) mass is 751 g/mol. The number of halogens is 3. The normalized spacial score (nSPS) is 20.4. The molecule has 0 aliphatic carbocycles. The van der Waals surface area contributed by atoms with Gasteiger partial charge in [-0.3, -0.25) is 29.3 Å². The van der Waals surface area contributed by atoms with Crippen LogP contribution in [0.4, 0.5) is 19.1 Å². The van der Waals surface area contributed by atoms with Crippen molar-refractivity contribution in [3.8, 4) is 0 Å². The van der Waals surface area contributed by atoms with Crippen molar-refractivity contribution in [3.05, 3.63) is 28.1 Å². The molecule has 0 aromatic carbocycles. The van der Waals surface area contributed by atoms with Gasteiger partial charge in [0.15, 0.2) is 17.4 Å². The van der Waals surface area contributed by atoms with Crippen LogP contribution in [0, 0.1) is 12.5 Å². The number of hydrogen-bond donors (Lipinski definition) is 3. The van der Waals surface area contributed by atoms with Crippen LogP contribution in [-0.2, 0) is 37.6 Å². The summed E-state index contributed by atoms with van der Waals surface area (Å²) >= 11 is 0. The first-order chi connectivity index (χ1) is 24.6. The lowest BCUT2D eigenvalue weighted by Crippen LogP contribution is -2.40. The Balaban J connectivity index is 1.87. The van der Waals surface area contributed by atoms with Gasteiger partial charge < -0.3 is 38.2 Å². The van der Waals surface area contributed by atoms with Crippen LogP contribution in [0.5, 0.6) is 0 Å². The minimum absolute atomic E-state index is 0.0349. The van der Waals surface area contributed by atoms with E-state index in [-0.39, 0.29) is 88.3 Å². The zero-order valence-corrected chi connectivity index (χ0v) is 30.2. The summed E-state index contributed by atoms with van der Waals surface area (Å²) in [6.07, 6.45) is -7.59. The first-order valence-corrected chi connectivity index (χ1v) is 17.3. The number of carbonyl (C=O) groups excluding carboxylic acids is 2. The molecule has 51 heavy (non-hydrogen) atoms. The minimum Gasteiger partial charge on any atom is -0.377 e. The molecule has 1 fully saturated rings. The van der Waals surface area contributed by atoms with Crippen LogP contribution in [0.2, 0.25) is 0 Å². The molecule has 2 aromatic heterocycles. The molecule has 0 saturated carbocycles. The molecule has 0 bridgehead atoms. The number of aromatic amines is 1.